The predicted molar refractivity (Wildman–Crippen MR) is 98.6 cm³/mol. The van der Waals surface area contributed by atoms with E-state index in [1.165, 1.54) is 11.3 Å². The largest absolute Gasteiger partial charge is 0.465 e. The van der Waals surface area contributed by atoms with Crippen LogP contribution in [0.5, 0.6) is 0 Å². The lowest BCUT2D eigenvalue weighted by atomic mass is 9.88. The molecule has 4 atom stereocenters. The Morgan fingerprint density at radius 1 is 1.28 bits per heavy atom. The quantitative estimate of drug-likeness (QED) is 0.513. The zero-order valence-electron chi connectivity index (χ0n) is 14.8. The number of fused-ring (bicyclic) bond motifs is 2. The van der Waals surface area contributed by atoms with Crippen molar-refractivity contribution in [1.82, 2.24) is 4.90 Å². The number of hydrogen-bond donors (Lipinski definition) is 2. The summed E-state index contributed by atoms with van der Waals surface area (Å²) in [6.07, 6.45) is 6.27. The molecule has 2 aliphatic carbocycles. The van der Waals surface area contributed by atoms with Crippen LogP contribution in [-0.2, 0) is 5.72 Å². The number of aliphatic hydroxyl groups is 1. The molecule has 25 heavy (non-hydrogen) atoms. The first-order valence-corrected chi connectivity index (χ1v) is 9.84. The second-order valence-electron chi connectivity index (χ2n) is 7.65. The van der Waals surface area contributed by atoms with Crippen LogP contribution in [0.2, 0.25) is 5.02 Å². The van der Waals surface area contributed by atoms with E-state index in [9.17, 15) is 15.0 Å². The summed E-state index contributed by atoms with van der Waals surface area (Å²) in [5.41, 5.74) is -1.05. The molecule has 0 aromatic heterocycles. The molecule has 2 aliphatic rings. The molecule has 3 unspecified atom stereocenters. The van der Waals surface area contributed by atoms with Crippen molar-refractivity contribution in [3.8, 4) is 0 Å². The lowest BCUT2D eigenvalue weighted by Crippen LogP contribution is -2.55. The minimum Gasteiger partial charge on any atom is -0.465 e. The summed E-state index contributed by atoms with van der Waals surface area (Å²) in [6, 6.07) is 6.99. The first kappa shape index (κ1) is 18.5. The molecule has 2 saturated carbocycles. The van der Waals surface area contributed by atoms with Gasteiger partial charge < -0.3 is 10.2 Å². The molecule has 0 radical (unpaired) electrons. The zero-order chi connectivity index (χ0) is 18.0. The van der Waals surface area contributed by atoms with Crippen LogP contribution in [0, 0.1) is 11.8 Å². The minimum atomic E-state index is -1.56. The Morgan fingerprint density at radius 3 is 2.60 bits per heavy atom. The molecule has 1 aromatic rings. The molecule has 2 N–H and O–H groups in total. The smallest absolute Gasteiger partial charge is 0.410 e. The monoisotopic (exact) mass is 365 g/mol. The summed E-state index contributed by atoms with van der Waals surface area (Å²) in [4.78, 5) is 13.6. The van der Waals surface area contributed by atoms with Gasteiger partial charge in [0.2, 0.25) is 0 Å². The first-order chi connectivity index (χ1) is 12.0. The standard InChI is InChI=1S/C20H28ClNO3/c1-2-3-6-11-20(25,16-7-4-5-8-17(16)21)22(19(23)24)18-13-14-9-10-15(18)12-14/h4-5,7-8,14-15,18,25H,2-3,6,9-13H2,1H3,(H,23,24)/t14?,15?,18?,20-/m0/s1. The Morgan fingerprint density at radius 2 is 2.04 bits per heavy atom. The normalized spacial score (nSPS) is 27.2. The van der Waals surface area contributed by atoms with Crippen LogP contribution in [0.3, 0.4) is 0 Å². The van der Waals surface area contributed by atoms with Crippen LogP contribution in [0.25, 0.3) is 0 Å². The van der Waals surface area contributed by atoms with Gasteiger partial charge in [0.25, 0.3) is 0 Å². The molecule has 0 spiro atoms. The van der Waals surface area contributed by atoms with Crippen LogP contribution in [-0.4, -0.2) is 27.2 Å². The molecule has 1 aromatic carbocycles. The van der Waals surface area contributed by atoms with Crippen LogP contribution < -0.4 is 0 Å². The lowest BCUT2D eigenvalue weighted by Gasteiger charge is -2.45. The number of rotatable bonds is 7. The molecule has 2 fully saturated rings. The van der Waals surface area contributed by atoms with E-state index in [0.717, 1.165) is 38.5 Å². The SMILES string of the molecule is CCCCC[C@](O)(c1ccccc1Cl)N(C(=O)O)C1CC2CCC1C2. The number of carboxylic acid groups (broad SMARTS) is 1. The van der Waals surface area contributed by atoms with Gasteiger partial charge in [-0.1, -0.05) is 56.0 Å². The van der Waals surface area contributed by atoms with Crippen molar-refractivity contribution < 1.29 is 15.0 Å². The molecule has 4 nitrogen and oxygen atoms in total. The average molecular weight is 366 g/mol. The highest BCUT2D eigenvalue weighted by Crippen LogP contribution is 2.50. The maximum Gasteiger partial charge on any atom is 0.410 e. The second kappa shape index (κ2) is 7.55. The summed E-state index contributed by atoms with van der Waals surface area (Å²) in [7, 11) is 0. The van der Waals surface area contributed by atoms with Crippen molar-refractivity contribution in [2.24, 2.45) is 11.8 Å². The van der Waals surface area contributed by atoms with Gasteiger partial charge >= 0.3 is 6.09 Å². The van der Waals surface area contributed by atoms with Crippen molar-refractivity contribution in [3.63, 3.8) is 0 Å². The maximum absolute atomic E-state index is 12.2. The molecule has 2 bridgehead atoms. The number of halogens is 1. The zero-order valence-corrected chi connectivity index (χ0v) is 15.6. The second-order valence-corrected chi connectivity index (χ2v) is 8.06. The summed E-state index contributed by atoms with van der Waals surface area (Å²) >= 11 is 6.38. The van der Waals surface area contributed by atoms with Gasteiger partial charge in [0, 0.05) is 16.6 Å². The van der Waals surface area contributed by atoms with Crippen LogP contribution in [0.1, 0.15) is 63.9 Å². The summed E-state index contributed by atoms with van der Waals surface area (Å²) in [5.74, 6) is 0.962. The number of amides is 1. The van der Waals surface area contributed by atoms with Gasteiger partial charge in [0.1, 0.15) is 0 Å². The van der Waals surface area contributed by atoms with E-state index < -0.39 is 11.8 Å². The highest BCUT2D eigenvalue weighted by atomic mass is 35.5. The van der Waals surface area contributed by atoms with Gasteiger partial charge in [-0.15, -0.1) is 0 Å². The van der Waals surface area contributed by atoms with E-state index in [-0.39, 0.29) is 6.04 Å². The van der Waals surface area contributed by atoms with Crippen molar-refractivity contribution in [2.75, 3.05) is 0 Å². The molecule has 5 heteroatoms. The van der Waals surface area contributed by atoms with Gasteiger partial charge in [-0.2, -0.15) is 0 Å². The Bertz CT molecular complexity index is 623. The predicted octanol–water partition coefficient (Wildman–Crippen LogP) is 5.23. The molecule has 0 heterocycles. The Balaban J connectivity index is 1.98. The molecule has 1 amide bonds. The van der Waals surface area contributed by atoms with Gasteiger partial charge in [0.05, 0.1) is 0 Å². The molecular formula is C20H28ClNO3. The van der Waals surface area contributed by atoms with E-state index >= 15 is 0 Å². The fourth-order valence-corrected chi connectivity index (χ4v) is 5.18. The number of carbonyl (C=O) groups is 1. The molecule has 0 aliphatic heterocycles. The van der Waals surface area contributed by atoms with Crippen molar-refractivity contribution in [1.29, 1.82) is 0 Å². The fourth-order valence-electron chi connectivity index (χ4n) is 4.89. The Kier molecular flexibility index (Phi) is 5.59. The average Bonchev–Trinajstić information content (AvgIpc) is 3.18. The number of unbranched alkanes of at least 4 members (excludes halogenated alkanes) is 2. The number of benzene rings is 1. The number of hydrogen-bond acceptors (Lipinski definition) is 2. The molecular weight excluding hydrogens is 338 g/mol. The van der Waals surface area contributed by atoms with Crippen molar-refractivity contribution in [3.05, 3.63) is 34.9 Å². The third kappa shape index (κ3) is 3.52. The molecule has 3 rings (SSSR count). The summed E-state index contributed by atoms with van der Waals surface area (Å²) in [5, 5.41) is 22.1. The minimum absolute atomic E-state index is 0.112. The summed E-state index contributed by atoms with van der Waals surface area (Å²) in [6.45, 7) is 2.10. The fraction of sp³-hybridized carbons (Fsp3) is 0.650. The lowest BCUT2D eigenvalue weighted by molar-refractivity contribution is -0.131. The van der Waals surface area contributed by atoms with E-state index in [1.807, 2.05) is 6.07 Å². The third-order valence-corrected chi connectivity index (χ3v) is 6.40. The van der Waals surface area contributed by atoms with Gasteiger partial charge in [-0.3, -0.25) is 4.90 Å². The molecule has 0 saturated heterocycles. The van der Waals surface area contributed by atoms with Crippen molar-refractivity contribution in [2.45, 2.75) is 70.1 Å². The van der Waals surface area contributed by atoms with Crippen LogP contribution >= 0.6 is 11.6 Å². The van der Waals surface area contributed by atoms with E-state index in [2.05, 4.69) is 6.92 Å². The van der Waals surface area contributed by atoms with Gasteiger partial charge in [-0.05, 0) is 50.0 Å². The molecule has 138 valence electrons. The van der Waals surface area contributed by atoms with Gasteiger partial charge in [0.15, 0.2) is 5.72 Å². The van der Waals surface area contributed by atoms with E-state index in [0.29, 0.717) is 28.8 Å². The first-order valence-electron chi connectivity index (χ1n) is 9.47. The number of nitrogens with zero attached hydrogens (tertiary/aromatic N) is 1. The van der Waals surface area contributed by atoms with Crippen molar-refractivity contribution >= 4 is 17.7 Å². The van der Waals surface area contributed by atoms with Crippen LogP contribution in [0.15, 0.2) is 24.3 Å². The van der Waals surface area contributed by atoms with Crippen LogP contribution in [0.4, 0.5) is 4.79 Å². The highest BCUT2D eigenvalue weighted by molar-refractivity contribution is 6.31. The van der Waals surface area contributed by atoms with E-state index in [1.54, 1.807) is 18.2 Å². The third-order valence-electron chi connectivity index (χ3n) is 6.07. The summed E-state index contributed by atoms with van der Waals surface area (Å²) < 4.78 is 0. The Hall–Kier alpha value is -1.26. The maximum atomic E-state index is 12.2. The highest BCUT2D eigenvalue weighted by Gasteiger charge is 2.51. The topological polar surface area (TPSA) is 60.8 Å². The van der Waals surface area contributed by atoms with Gasteiger partial charge in [-0.25, -0.2) is 4.79 Å². The Labute approximate surface area is 154 Å². The van der Waals surface area contributed by atoms with E-state index in [4.69, 9.17) is 11.6 Å².